The molecule has 1 atom stereocenters. The minimum absolute atomic E-state index is 0.465. The summed E-state index contributed by atoms with van der Waals surface area (Å²) in [5, 5.41) is 8.78. The molecule has 0 aliphatic heterocycles. The van der Waals surface area contributed by atoms with E-state index in [0.717, 1.165) is 12.0 Å². The Morgan fingerprint density at radius 1 is 1.11 bits per heavy atom. The second kappa shape index (κ2) is 6.02. The Morgan fingerprint density at radius 3 is 2.26 bits per heavy atom. The average molecular weight is 247 g/mol. The van der Waals surface area contributed by atoms with Gasteiger partial charge in [-0.05, 0) is 41.2 Å². The van der Waals surface area contributed by atoms with Gasteiger partial charge in [0, 0.05) is 0 Å². The van der Waals surface area contributed by atoms with Crippen LogP contribution in [0.1, 0.15) is 35.1 Å². The van der Waals surface area contributed by atoms with Gasteiger partial charge in [0.25, 0.3) is 0 Å². The number of nitrogens with zero attached hydrogens (tertiary/aromatic N) is 1. The second-order valence-corrected chi connectivity index (χ2v) is 4.78. The largest absolute Gasteiger partial charge is 0.192 e. The van der Waals surface area contributed by atoms with Gasteiger partial charge in [-0.25, -0.2) is 0 Å². The summed E-state index contributed by atoms with van der Waals surface area (Å²) in [5.41, 5.74) is 4.45. The SMILES string of the molecule is C=Cc1ccc(C(C)Cc2ccc(C#N)cc2)cc1. The predicted octanol–water partition coefficient (Wildman–Crippen LogP) is 4.55. The molecule has 0 radical (unpaired) electrons. The van der Waals surface area contributed by atoms with Gasteiger partial charge in [0.05, 0.1) is 11.6 Å². The van der Waals surface area contributed by atoms with Gasteiger partial charge in [-0.3, -0.25) is 0 Å². The minimum Gasteiger partial charge on any atom is -0.192 e. The smallest absolute Gasteiger partial charge is 0.0991 e. The van der Waals surface area contributed by atoms with E-state index in [-0.39, 0.29) is 0 Å². The normalized spacial score (nSPS) is 11.6. The Labute approximate surface area is 114 Å². The molecule has 0 heterocycles. The highest BCUT2D eigenvalue weighted by Gasteiger charge is 2.06. The number of hydrogen-bond acceptors (Lipinski definition) is 1. The van der Waals surface area contributed by atoms with E-state index in [4.69, 9.17) is 5.26 Å². The van der Waals surface area contributed by atoms with Crippen LogP contribution < -0.4 is 0 Å². The summed E-state index contributed by atoms with van der Waals surface area (Å²) >= 11 is 0. The molecule has 0 fully saturated rings. The molecule has 1 heteroatoms. The number of hydrogen-bond donors (Lipinski definition) is 0. The molecule has 2 aromatic carbocycles. The molecule has 94 valence electrons. The lowest BCUT2D eigenvalue weighted by atomic mass is 9.93. The van der Waals surface area contributed by atoms with E-state index in [1.165, 1.54) is 11.1 Å². The van der Waals surface area contributed by atoms with E-state index in [0.29, 0.717) is 11.5 Å². The van der Waals surface area contributed by atoms with Gasteiger partial charge < -0.3 is 0 Å². The van der Waals surface area contributed by atoms with Crippen molar-refractivity contribution < 1.29 is 0 Å². The fourth-order valence-electron chi connectivity index (χ4n) is 2.15. The first-order valence-corrected chi connectivity index (χ1v) is 6.44. The molecule has 1 unspecified atom stereocenters. The van der Waals surface area contributed by atoms with Crippen LogP contribution >= 0.6 is 0 Å². The third-order valence-electron chi connectivity index (χ3n) is 3.37. The zero-order chi connectivity index (χ0) is 13.7. The van der Waals surface area contributed by atoms with Crippen molar-refractivity contribution in [3.05, 3.63) is 77.4 Å². The molecule has 0 amide bonds. The van der Waals surface area contributed by atoms with Crippen molar-refractivity contribution in [3.8, 4) is 6.07 Å². The maximum atomic E-state index is 8.78. The van der Waals surface area contributed by atoms with E-state index >= 15 is 0 Å². The summed E-state index contributed by atoms with van der Waals surface area (Å²) in [7, 11) is 0. The van der Waals surface area contributed by atoms with Crippen molar-refractivity contribution in [2.75, 3.05) is 0 Å². The van der Waals surface area contributed by atoms with Crippen molar-refractivity contribution >= 4 is 6.08 Å². The van der Waals surface area contributed by atoms with Crippen molar-refractivity contribution in [2.24, 2.45) is 0 Å². The first-order chi connectivity index (χ1) is 9.22. The van der Waals surface area contributed by atoms with Crippen LogP contribution in [0.2, 0.25) is 0 Å². The average Bonchev–Trinajstić information content (AvgIpc) is 2.48. The van der Waals surface area contributed by atoms with Crippen LogP contribution in [0, 0.1) is 11.3 Å². The van der Waals surface area contributed by atoms with E-state index in [9.17, 15) is 0 Å². The molecular formula is C18H17N. The molecule has 0 aromatic heterocycles. The van der Waals surface area contributed by atoms with E-state index in [2.05, 4.69) is 43.8 Å². The van der Waals surface area contributed by atoms with Crippen LogP contribution in [-0.4, -0.2) is 0 Å². The first kappa shape index (κ1) is 13.1. The summed E-state index contributed by atoms with van der Waals surface area (Å²) in [4.78, 5) is 0. The van der Waals surface area contributed by atoms with Crippen LogP contribution in [-0.2, 0) is 6.42 Å². The van der Waals surface area contributed by atoms with E-state index < -0.39 is 0 Å². The molecule has 19 heavy (non-hydrogen) atoms. The summed E-state index contributed by atoms with van der Waals surface area (Å²) in [6.07, 6.45) is 2.84. The van der Waals surface area contributed by atoms with E-state index in [1.807, 2.05) is 30.3 Å². The molecule has 0 bridgehead atoms. The van der Waals surface area contributed by atoms with Crippen LogP contribution in [0.3, 0.4) is 0 Å². The molecular weight excluding hydrogens is 230 g/mol. The van der Waals surface area contributed by atoms with Crippen molar-refractivity contribution in [1.29, 1.82) is 5.26 Å². The molecule has 2 aromatic rings. The lowest BCUT2D eigenvalue weighted by molar-refractivity contribution is 0.759. The molecule has 2 rings (SSSR count). The van der Waals surface area contributed by atoms with Crippen LogP contribution in [0.4, 0.5) is 0 Å². The molecule has 0 aliphatic carbocycles. The summed E-state index contributed by atoms with van der Waals surface area (Å²) in [6.45, 7) is 5.99. The third kappa shape index (κ3) is 3.33. The van der Waals surface area contributed by atoms with Gasteiger partial charge in [0.15, 0.2) is 0 Å². The molecule has 0 saturated carbocycles. The predicted molar refractivity (Wildman–Crippen MR) is 79.8 cm³/mol. The zero-order valence-electron chi connectivity index (χ0n) is 11.1. The van der Waals surface area contributed by atoms with Crippen LogP contribution in [0.5, 0.6) is 0 Å². The highest BCUT2D eigenvalue weighted by Crippen LogP contribution is 2.21. The van der Waals surface area contributed by atoms with Gasteiger partial charge in [0.2, 0.25) is 0 Å². The molecule has 0 aliphatic rings. The fourth-order valence-corrected chi connectivity index (χ4v) is 2.15. The Bertz CT molecular complexity index is 585. The summed E-state index contributed by atoms with van der Waals surface area (Å²) in [5.74, 6) is 0.465. The number of rotatable bonds is 4. The molecule has 1 nitrogen and oxygen atoms in total. The van der Waals surface area contributed by atoms with Crippen LogP contribution in [0.25, 0.3) is 6.08 Å². The van der Waals surface area contributed by atoms with Gasteiger partial charge in [0.1, 0.15) is 0 Å². The van der Waals surface area contributed by atoms with Gasteiger partial charge >= 0.3 is 0 Å². The highest BCUT2D eigenvalue weighted by atomic mass is 14.2. The van der Waals surface area contributed by atoms with Crippen molar-refractivity contribution in [2.45, 2.75) is 19.3 Å². The summed E-state index contributed by atoms with van der Waals surface area (Å²) in [6, 6.07) is 18.5. The zero-order valence-corrected chi connectivity index (χ0v) is 11.1. The Kier molecular flexibility index (Phi) is 4.15. The Balaban J connectivity index is 2.08. The quantitative estimate of drug-likeness (QED) is 0.777. The first-order valence-electron chi connectivity index (χ1n) is 6.44. The van der Waals surface area contributed by atoms with Gasteiger partial charge in [-0.15, -0.1) is 0 Å². The van der Waals surface area contributed by atoms with Crippen LogP contribution in [0.15, 0.2) is 55.1 Å². The summed E-state index contributed by atoms with van der Waals surface area (Å²) < 4.78 is 0. The van der Waals surface area contributed by atoms with E-state index in [1.54, 1.807) is 0 Å². The lowest BCUT2D eigenvalue weighted by Gasteiger charge is -2.12. The maximum Gasteiger partial charge on any atom is 0.0991 e. The Hall–Kier alpha value is -2.33. The monoisotopic (exact) mass is 247 g/mol. The highest BCUT2D eigenvalue weighted by molar-refractivity contribution is 5.47. The molecule has 0 saturated heterocycles. The van der Waals surface area contributed by atoms with Crippen molar-refractivity contribution in [1.82, 2.24) is 0 Å². The maximum absolute atomic E-state index is 8.78. The van der Waals surface area contributed by atoms with Crippen molar-refractivity contribution in [3.63, 3.8) is 0 Å². The third-order valence-corrected chi connectivity index (χ3v) is 3.37. The minimum atomic E-state index is 0.465. The van der Waals surface area contributed by atoms with Gasteiger partial charge in [-0.2, -0.15) is 5.26 Å². The Morgan fingerprint density at radius 2 is 1.74 bits per heavy atom. The lowest BCUT2D eigenvalue weighted by Crippen LogP contribution is -1.98. The number of nitriles is 1. The fraction of sp³-hybridized carbons (Fsp3) is 0.167. The molecule has 0 N–H and O–H groups in total. The molecule has 0 spiro atoms. The second-order valence-electron chi connectivity index (χ2n) is 4.78. The topological polar surface area (TPSA) is 23.8 Å². The van der Waals surface area contributed by atoms with Gasteiger partial charge in [-0.1, -0.05) is 56.0 Å². The standard InChI is InChI=1S/C18H17N/c1-3-15-8-10-18(11-9-15)14(2)12-16-4-6-17(13-19)7-5-16/h3-11,14H,1,12H2,2H3. The number of benzene rings is 2.